The first kappa shape index (κ1) is 13.7. The molecular weight excluding hydrogens is 246 g/mol. The summed E-state index contributed by atoms with van der Waals surface area (Å²) in [6, 6.07) is 0.242. The van der Waals surface area contributed by atoms with Crippen LogP contribution in [0.3, 0.4) is 0 Å². The van der Waals surface area contributed by atoms with Crippen LogP contribution in [0.15, 0.2) is 4.99 Å². The summed E-state index contributed by atoms with van der Waals surface area (Å²) in [5.74, 6) is 1.81. The monoisotopic (exact) mass is 269 g/mol. The number of nitrogens with one attached hydrogen (secondary N) is 1. The van der Waals surface area contributed by atoms with Gasteiger partial charge in [0, 0.05) is 18.8 Å². The minimum Gasteiger partial charge on any atom is -0.353 e. The van der Waals surface area contributed by atoms with E-state index < -0.39 is 0 Å². The van der Waals surface area contributed by atoms with Gasteiger partial charge in [0.15, 0.2) is 5.17 Å². The van der Waals surface area contributed by atoms with Crippen molar-refractivity contribution in [3.63, 3.8) is 0 Å². The van der Waals surface area contributed by atoms with Crippen molar-refractivity contribution in [1.29, 1.82) is 0 Å². The largest absolute Gasteiger partial charge is 0.353 e. The summed E-state index contributed by atoms with van der Waals surface area (Å²) in [6.07, 6.45) is 2.28. The third-order valence-corrected chi connectivity index (χ3v) is 4.58. The first-order valence-corrected chi connectivity index (χ1v) is 7.82. The molecule has 0 bridgehead atoms. The Bertz CT molecular complexity index is 337. The highest BCUT2D eigenvalue weighted by Crippen LogP contribution is 2.22. The average molecular weight is 269 g/mol. The van der Waals surface area contributed by atoms with E-state index in [1.165, 1.54) is 0 Å². The number of nitrogens with zero attached hydrogens (tertiary/aromatic N) is 2. The fraction of sp³-hybridized carbons (Fsp3) is 0.846. The van der Waals surface area contributed by atoms with Gasteiger partial charge in [-0.3, -0.25) is 9.79 Å². The normalized spacial score (nSPS) is 25.4. The maximum absolute atomic E-state index is 12.1. The minimum absolute atomic E-state index is 0.153. The molecule has 18 heavy (non-hydrogen) atoms. The lowest BCUT2D eigenvalue weighted by atomic mass is 10.1. The number of rotatable bonds is 3. The molecule has 0 aromatic rings. The van der Waals surface area contributed by atoms with Crippen LogP contribution in [0.25, 0.3) is 0 Å². The molecule has 0 aliphatic carbocycles. The zero-order chi connectivity index (χ0) is 13.1. The lowest BCUT2D eigenvalue weighted by Crippen LogP contribution is -2.45. The van der Waals surface area contributed by atoms with Gasteiger partial charge in [-0.2, -0.15) is 0 Å². The number of amidine groups is 1. The second-order valence-corrected chi connectivity index (χ2v) is 6.46. The van der Waals surface area contributed by atoms with Crippen molar-refractivity contribution in [2.75, 3.05) is 18.8 Å². The fourth-order valence-corrected chi connectivity index (χ4v) is 3.53. The van der Waals surface area contributed by atoms with Gasteiger partial charge >= 0.3 is 0 Å². The zero-order valence-corrected chi connectivity index (χ0v) is 12.3. The standard InChI is InChI=1S/C13H23N3OS/c1-9(2)11-8-18-13(15-11)14-10(3)12(17)16-6-4-5-7-16/h9-11H,4-8H2,1-3H3,(H,14,15). The van der Waals surface area contributed by atoms with Crippen LogP contribution >= 0.6 is 11.8 Å². The predicted octanol–water partition coefficient (Wildman–Crippen LogP) is 1.71. The maximum Gasteiger partial charge on any atom is 0.244 e. The molecule has 2 rings (SSSR count). The summed E-state index contributed by atoms with van der Waals surface area (Å²) in [6.45, 7) is 8.15. The van der Waals surface area contributed by atoms with Gasteiger partial charge in [-0.05, 0) is 25.7 Å². The third-order valence-electron chi connectivity index (χ3n) is 3.57. The van der Waals surface area contributed by atoms with Crippen LogP contribution in [0, 0.1) is 5.92 Å². The Morgan fingerprint density at radius 1 is 1.39 bits per heavy atom. The molecular formula is C13H23N3OS. The summed E-state index contributed by atoms with van der Waals surface area (Å²) < 4.78 is 0. The van der Waals surface area contributed by atoms with Gasteiger partial charge in [-0.1, -0.05) is 25.6 Å². The number of thioether (sulfide) groups is 1. The van der Waals surface area contributed by atoms with E-state index in [-0.39, 0.29) is 11.9 Å². The number of hydrogen-bond acceptors (Lipinski definition) is 4. The number of carbonyl (C=O) groups is 1. The van der Waals surface area contributed by atoms with E-state index in [4.69, 9.17) is 0 Å². The van der Waals surface area contributed by atoms with Crippen LogP contribution in [0.1, 0.15) is 33.6 Å². The molecule has 2 heterocycles. The second-order valence-electron chi connectivity index (χ2n) is 5.46. The van der Waals surface area contributed by atoms with Crippen molar-refractivity contribution in [2.24, 2.45) is 10.9 Å². The van der Waals surface area contributed by atoms with E-state index in [0.29, 0.717) is 12.0 Å². The maximum atomic E-state index is 12.1. The van der Waals surface area contributed by atoms with Gasteiger partial charge in [0.05, 0.1) is 6.04 Å². The SMILES string of the molecule is CC(NC1=NC(C(C)C)CS1)C(=O)N1CCCC1. The van der Waals surface area contributed by atoms with Crippen LogP contribution in [0.4, 0.5) is 0 Å². The van der Waals surface area contributed by atoms with Gasteiger partial charge in [0.2, 0.25) is 5.91 Å². The Labute approximate surface area is 114 Å². The Morgan fingerprint density at radius 3 is 2.61 bits per heavy atom. The van der Waals surface area contributed by atoms with E-state index in [0.717, 1.165) is 36.9 Å². The van der Waals surface area contributed by atoms with Crippen molar-refractivity contribution in [1.82, 2.24) is 10.2 Å². The van der Waals surface area contributed by atoms with Crippen LogP contribution in [-0.4, -0.2) is 46.9 Å². The molecule has 2 unspecified atom stereocenters. The fourth-order valence-electron chi connectivity index (χ4n) is 2.27. The zero-order valence-electron chi connectivity index (χ0n) is 11.5. The molecule has 2 atom stereocenters. The summed E-state index contributed by atoms with van der Waals surface area (Å²) in [4.78, 5) is 18.7. The molecule has 0 spiro atoms. The number of aliphatic imine (C=N–C) groups is 1. The van der Waals surface area contributed by atoms with Crippen LogP contribution in [-0.2, 0) is 4.79 Å². The molecule has 0 aromatic carbocycles. The molecule has 5 heteroatoms. The molecule has 102 valence electrons. The molecule has 0 aromatic heterocycles. The highest BCUT2D eigenvalue weighted by atomic mass is 32.2. The van der Waals surface area contributed by atoms with Crippen molar-refractivity contribution >= 4 is 22.8 Å². The molecule has 2 aliphatic rings. The number of carbonyl (C=O) groups excluding carboxylic acids is 1. The molecule has 0 radical (unpaired) electrons. The average Bonchev–Trinajstić information content (AvgIpc) is 2.98. The topological polar surface area (TPSA) is 44.7 Å². The summed E-state index contributed by atoms with van der Waals surface area (Å²) in [5.41, 5.74) is 0. The van der Waals surface area contributed by atoms with E-state index in [1.54, 1.807) is 11.8 Å². The quantitative estimate of drug-likeness (QED) is 0.848. The molecule has 0 saturated carbocycles. The van der Waals surface area contributed by atoms with Gasteiger partial charge in [0.1, 0.15) is 6.04 Å². The summed E-state index contributed by atoms with van der Waals surface area (Å²) in [7, 11) is 0. The number of likely N-dealkylation sites (tertiary alicyclic amines) is 1. The van der Waals surface area contributed by atoms with Crippen molar-refractivity contribution in [2.45, 2.75) is 45.7 Å². The molecule has 1 amide bonds. The predicted molar refractivity (Wildman–Crippen MR) is 76.9 cm³/mol. The van der Waals surface area contributed by atoms with Gasteiger partial charge in [-0.15, -0.1) is 0 Å². The Morgan fingerprint density at radius 2 is 2.06 bits per heavy atom. The van der Waals surface area contributed by atoms with Gasteiger partial charge < -0.3 is 10.2 Å². The summed E-state index contributed by atoms with van der Waals surface area (Å²) >= 11 is 1.74. The number of amides is 1. The second kappa shape index (κ2) is 5.95. The number of hydrogen-bond donors (Lipinski definition) is 1. The lowest BCUT2D eigenvalue weighted by molar-refractivity contribution is -0.131. The van der Waals surface area contributed by atoms with Crippen molar-refractivity contribution in [3.8, 4) is 0 Å². The van der Waals surface area contributed by atoms with Crippen LogP contribution in [0.2, 0.25) is 0 Å². The molecule has 4 nitrogen and oxygen atoms in total. The lowest BCUT2D eigenvalue weighted by Gasteiger charge is -2.21. The van der Waals surface area contributed by atoms with Crippen LogP contribution < -0.4 is 5.32 Å². The smallest absolute Gasteiger partial charge is 0.244 e. The molecule has 2 aliphatic heterocycles. The minimum atomic E-state index is -0.153. The highest BCUT2D eigenvalue weighted by Gasteiger charge is 2.26. The Kier molecular flexibility index (Phi) is 4.54. The van der Waals surface area contributed by atoms with E-state index >= 15 is 0 Å². The van der Waals surface area contributed by atoms with Gasteiger partial charge in [-0.25, -0.2) is 0 Å². The molecule has 1 N–H and O–H groups in total. The Balaban J connectivity index is 1.85. The van der Waals surface area contributed by atoms with Crippen molar-refractivity contribution in [3.05, 3.63) is 0 Å². The Hall–Kier alpha value is -0.710. The van der Waals surface area contributed by atoms with E-state index in [1.807, 2.05) is 11.8 Å². The summed E-state index contributed by atoms with van der Waals surface area (Å²) in [5, 5.41) is 4.20. The highest BCUT2D eigenvalue weighted by molar-refractivity contribution is 8.14. The first-order chi connectivity index (χ1) is 8.58. The van der Waals surface area contributed by atoms with E-state index in [2.05, 4.69) is 24.2 Å². The van der Waals surface area contributed by atoms with Gasteiger partial charge in [0.25, 0.3) is 0 Å². The molecule has 1 fully saturated rings. The molecule has 1 saturated heterocycles. The van der Waals surface area contributed by atoms with E-state index in [9.17, 15) is 4.79 Å². The third kappa shape index (κ3) is 3.19. The van der Waals surface area contributed by atoms with Crippen LogP contribution in [0.5, 0.6) is 0 Å². The van der Waals surface area contributed by atoms with Crippen molar-refractivity contribution < 1.29 is 4.79 Å². The first-order valence-electron chi connectivity index (χ1n) is 6.84.